The van der Waals surface area contributed by atoms with Crippen molar-refractivity contribution in [2.75, 3.05) is 0 Å². The van der Waals surface area contributed by atoms with Crippen molar-refractivity contribution in [1.29, 1.82) is 0 Å². The molecule has 0 aromatic carbocycles. The highest BCUT2D eigenvalue weighted by Crippen LogP contribution is 2.38. The van der Waals surface area contributed by atoms with Gasteiger partial charge in [0.25, 0.3) is 0 Å². The van der Waals surface area contributed by atoms with Crippen LogP contribution in [0.3, 0.4) is 0 Å². The first-order valence-corrected chi connectivity index (χ1v) is 6.31. The lowest BCUT2D eigenvalue weighted by atomic mass is 10.2. The zero-order valence-corrected chi connectivity index (χ0v) is 10.9. The van der Waals surface area contributed by atoms with Crippen molar-refractivity contribution in [3.63, 3.8) is 0 Å². The zero-order valence-electron chi connectivity index (χ0n) is 10.9. The summed E-state index contributed by atoms with van der Waals surface area (Å²) in [5.74, 6) is 0.275. The van der Waals surface area contributed by atoms with Gasteiger partial charge in [-0.3, -0.25) is 4.79 Å². The summed E-state index contributed by atoms with van der Waals surface area (Å²) in [6.45, 7) is 1.98. The van der Waals surface area contributed by atoms with Gasteiger partial charge in [-0.1, -0.05) is 5.16 Å². The number of aryl methyl sites for hydroxylation is 1. The molecule has 0 aliphatic heterocycles. The Morgan fingerprint density at radius 2 is 2.30 bits per heavy atom. The SMILES string of the molecule is Cc1cc(=O)c(C(=O)O)cn1Cc1nc(C2CC2)no1. The van der Waals surface area contributed by atoms with E-state index in [2.05, 4.69) is 10.1 Å². The van der Waals surface area contributed by atoms with Gasteiger partial charge in [0.1, 0.15) is 12.1 Å². The number of nitrogens with zero attached hydrogens (tertiary/aromatic N) is 3. The average molecular weight is 275 g/mol. The second-order valence-corrected chi connectivity index (χ2v) is 4.95. The highest BCUT2D eigenvalue weighted by atomic mass is 16.5. The Balaban J connectivity index is 1.90. The van der Waals surface area contributed by atoms with E-state index in [4.69, 9.17) is 9.63 Å². The van der Waals surface area contributed by atoms with Crippen molar-refractivity contribution >= 4 is 5.97 Å². The molecule has 104 valence electrons. The topological polar surface area (TPSA) is 98.2 Å². The molecule has 0 bridgehead atoms. The molecule has 0 unspecified atom stereocenters. The number of rotatable bonds is 4. The van der Waals surface area contributed by atoms with Crippen LogP contribution in [0.15, 0.2) is 21.6 Å². The lowest BCUT2D eigenvalue weighted by molar-refractivity contribution is 0.0694. The summed E-state index contributed by atoms with van der Waals surface area (Å²) in [6, 6.07) is 1.29. The van der Waals surface area contributed by atoms with Crippen LogP contribution in [0.4, 0.5) is 0 Å². The normalized spacial score (nSPS) is 14.4. The standard InChI is InChI=1S/C13H13N3O4/c1-7-4-10(17)9(13(18)19)5-16(7)6-11-14-12(15-20-11)8-2-3-8/h4-5,8H,2-3,6H2,1H3,(H,18,19). The molecule has 2 aromatic heterocycles. The van der Waals surface area contributed by atoms with Gasteiger partial charge in [0.15, 0.2) is 11.3 Å². The smallest absolute Gasteiger partial charge is 0.341 e. The van der Waals surface area contributed by atoms with Gasteiger partial charge in [0.2, 0.25) is 5.89 Å². The summed E-state index contributed by atoms with van der Waals surface area (Å²) in [7, 11) is 0. The Bertz CT molecular complexity index is 727. The Labute approximate surface area is 113 Å². The van der Waals surface area contributed by atoms with Crippen LogP contribution in [0, 0.1) is 6.92 Å². The molecule has 1 N–H and O–H groups in total. The van der Waals surface area contributed by atoms with Gasteiger partial charge in [-0.05, 0) is 19.8 Å². The predicted octanol–water partition coefficient (Wildman–Crippen LogP) is 1.16. The van der Waals surface area contributed by atoms with Crippen molar-refractivity contribution in [3.8, 4) is 0 Å². The van der Waals surface area contributed by atoms with Gasteiger partial charge in [0.05, 0.1) is 0 Å². The number of pyridine rings is 1. The molecule has 2 heterocycles. The maximum absolute atomic E-state index is 11.5. The highest BCUT2D eigenvalue weighted by molar-refractivity contribution is 5.87. The quantitative estimate of drug-likeness (QED) is 0.899. The van der Waals surface area contributed by atoms with E-state index in [-0.39, 0.29) is 12.1 Å². The average Bonchev–Trinajstić information content (AvgIpc) is 3.13. The lowest BCUT2D eigenvalue weighted by Gasteiger charge is -2.08. The molecule has 0 spiro atoms. The number of hydrogen-bond donors (Lipinski definition) is 1. The Morgan fingerprint density at radius 3 is 2.95 bits per heavy atom. The maximum Gasteiger partial charge on any atom is 0.341 e. The van der Waals surface area contributed by atoms with E-state index in [1.807, 2.05) is 0 Å². The van der Waals surface area contributed by atoms with Crippen LogP contribution >= 0.6 is 0 Å². The Kier molecular flexibility index (Phi) is 2.89. The fourth-order valence-corrected chi connectivity index (χ4v) is 1.99. The van der Waals surface area contributed by atoms with Crippen LogP contribution < -0.4 is 5.43 Å². The van der Waals surface area contributed by atoms with Gasteiger partial charge < -0.3 is 14.2 Å². The van der Waals surface area contributed by atoms with Gasteiger partial charge in [-0.25, -0.2) is 4.79 Å². The first-order valence-electron chi connectivity index (χ1n) is 6.31. The van der Waals surface area contributed by atoms with E-state index >= 15 is 0 Å². The van der Waals surface area contributed by atoms with E-state index in [9.17, 15) is 9.59 Å². The van der Waals surface area contributed by atoms with Gasteiger partial charge in [0, 0.05) is 23.9 Å². The third-order valence-electron chi connectivity index (χ3n) is 3.31. The molecule has 1 aliphatic rings. The Morgan fingerprint density at radius 1 is 1.55 bits per heavy atom. The molecule has 1 saturated carbocycles. The summed E-state index contributed by atoms with van der Waals surface area (Å²) in [4.78, 5) is 26.8. The number of aromatic nitrogens is 3. The van der Waals surface area contributed by atoms with Crippen molar-refractivity contribution in [2.24, 2.45) is 0 Å². The summed E-state index contributed by atoms with van der Waals surface area (Å²) in [6.07, 6.45) is 3.47. The van der Waals surface area contributed by atoms with Crippen molar-refractivity contribution in [3.05, 3.63) is 45.5 Å². The molecule has 0 amide bonds. The molecule has 2 aromatic rings. The molecule has 3 rings (SSSR count). The van der Waals surface area contributed by atoms with Crippen LogP contribution in [-0.2, 0) is 6.54 Å². The van der Waals surface area contributed by atoms with Gasteiger partial charge in [-0.15, -0.1) is 0 Å². The van der Waals surface area contributed by atoms with E-state index < -0.39 is 11.4 Å². The number of carboxylic acid groups (broad SMARTS) is 1. The van der Waals surface area contributed by atoms with E-state index in [0.717, 1.165) is 12.8 Å². The molecular weight excluding hydrogens is 262 g/mol. The van der Waals surface area contributed by atoms with Crippen LogP contribution in [-0.4, -0.2) is 25.8 Å². The third-order valence-corrected chi connectivity index (χ3v) is 3.31. The first kappa shape index (κ1) is 12.6. The third kappa shape index (κ3) is 2.34. The fraction of sp³-hybridized carbons (Fsp3) is 0.385. The van der Waals surface area contributed by atoms with Crippen molar-refractivity contribution < 1.29 is 14.4 Å². The van der Waals surface area contributed by atoms with E-state index in [0.29, 0.717) is 23.3 Å². The monoisotopic (exact) mass is 275 g/mol. The highest BCUT2D eigenvalue weighted by Gasteiger charge is 2.28. The van der Waals surface area contributed by atoms with E-state index in [1.54, 1.807) is 11.5 Å². The van der Waals surface area contributed by atoms with Gasteiger partial charge in [-0.2, -0.15) is 4.98 Å². The lowest BCUT2D eigenvalue weighted by Crippen LogP contribution is -2.19. The van der Waals surface area contributed by atoms with Gasteiger partial charge >= 0.3 is 5.97 Å². The van der Waals surface area contributed by atoms with E-state index in [1.165, 1.54) is 12.3 Å². The van der Waals surface area contributed by atoms with Crippen LogP contribution in [0.25, 0.3) is 0 Å². The largest absolute Gasteiger partial charge is 0.477 e. The molecule has 0 radical (unpaired) electrons. The fourth-order valence-electron chi connectivity index (χ4n) is 1.99. The Hall–Kier alpha value is -2.44. The van der Waals surface area contributed by atoms with Crippen molar-refractivity contribution in [2.45, 2.75) is 32.2 Å². The molecule has 7 nitrogen and oxygen atoms in total. The zero-order chi connectivity index (χ0) is 14.3. The summed E-state index contributed by atoms with van der Waals surface area (Å²) >= 11 is 0. The molecular formula is C13H13N3O4. The molecule has 7 heteroatoms. The maximum atomic E-state index is 11.5. The number of hydrogen-bond acceptors (Lipinski definition) is 5. The second kappa shape index (κ2) is 4.59. The summed E-state index contributed by atoms with van der Waals surface area (Å²) < 4.78 is 6.77. The number of carbonyl (C=O) groups is 1. The minimum Gasteiger partial charge on any atom is -0.477 e. The summed E-state index contributed by atoms with van der Waals surface area (Å²) in [5.41, 5.74) is -0.126. The van der Waals surface area contributed by atoms with Crippen LogP contribution in [0.1, 0.15) is 46.5 Å². The predicted molar refractivity (Wildman–Crippen MR) is 67.8 cm³/mol. The number of aromatic carboxylic acids is 1. The minimum absolute atomic E-state index is 0.256. The molecule has 20 heavy (non-hydrogen) atoms. The summed E-state index contributed by atoms with van der Waals surface area (Å²) in [5, 5.41) is 12.9. The minimum atomic E-state index is -1.24. The van der Waals surface area contributed by atoms with Crippen molar-refractivity contribution in [1.82, 2.24) is 14.7 Å². The molecule has 0 saturated heterocycles. The molecule has 1 aliphatic carbocycles. The van der Waals surface area contributed by atoms with Crippen LogP contribution in [0.2, 0.25) is 0 Å². The van der Waals surface area contributed by atoms with Crippen LogP contribution in [0.5, 0.6) is 0 Å². The molecule has 0 atom stereocenters. The molecule has 1 fully saturated rings. The number of carboxylic acids is 1. The second-order valence-electron chi connectivity index (χ2n) is 4.95. The first-order chi connectivity index (χ1) is 9.54.